The van der Waals surface area contributed by atoms with E-state index in [1.807, 2.05) is 6.07 Å². The number of rotatable bonds is 2. The molecule has 0 unspecified atom stereocenters. The summed E-state index contributed by atoms with van der Waals surface area (Å²) >= 11 is 12.4. The van der Waals surface area contributed by atoms with Crippen LogP contribution in [0.2, 0.25) is 0 Å². The van der Waals surface area contributed by atoms with Crippen molar-refractivity contribution >= 4 is 39.9 Å². The first-order chi connectivity index (χ1) is 10.7. The molecule has 0 amide bonds. The van der Waals surface area contributed by atoms with Gasteiger partial charge in [-0.25, -0.2) is 4.98 Å². The van der Waals surface area contributed by atoms with Crippen molar-refractivity contribution in [1.29, 1.82) is 0 Å². The second-order valence-corrected chi connectivity index (χ2v) is 8.82. The van der Waals surface area contributed by atoms with Crippen molar-refractivity contribution in [2.75, 3.05) is 0 Å². The molecule has 2 heterocycles. The normalized spacial score (nSPS) is 18.3. The van der Waals surface area contributed by atoms with Crippen molar-refractivity contribution in [2.24, 2.45) is 0 Å². The van der Waals surface area contributed by atoms with E-state index in [9.17, 15) is 5.11 Å². The van der Waals surface area contributed by atoms with E-state index in [0.717, 1.165) is 35.2 Å². The highest BCUT2D eigenvalue weighted by Gasteiger charge is 2.29. The Morgan fingerprint density at radius 1 is 1.30 bits per heavy atom. The van der Waals surface area contributed by atoms with Crippen LogP contribution in [0, 0.1) is 0 Å². The van der Waals surface area contributed by atoms with Gasteiger partial charge in [0.2, 0.25) is 0 Å². The lowest BCUT2D eigenvalue weighted by Crippen LogP contribution is -2.16. The number of alkyl halides is 2. The number of aliphatic hydroxyl groups excluding tert-OH is 1. The van der Waals surface area contributed by atoms with Gasteiger partial charge in [-0.3, -0.25) is 0 Å². The summed E-state index contributed by atoms with van der Waals surface area (Å²) in [5, 5.41) is 9.35. The van der Waals surface area contributed by atoms with Crippen molar-refractivity contribution in [2.45, 2.75) is 56.4 Å². The van der Waals surface area contributed by atoms with E-state index in [2.05, 4.69) is 32.9 Å². The number of nitrogens with zero attached hydrogens (tertiary/aromatic N) is 1. The summed E-state index contributed by atoms with van der Waals surface area (Å²) in [5.41, 5.74) is 4.65. The zero-order chi connectivity index (χ0) is 16.8. The summed E-state index contributed by atoms with van der Waals surface area (Å²) in [6.45, 7) is 6.30. The largest absolute Gasteiger partial charge is 0.457 e. The van der Waals surface area contributed by atoms with Crippen LogP contribution < -0.4 is 0 Å². The third-order valence-corrected chi connectivity index (χ3v) is 4.92. The van der Waals surface area contributed by atoms with Gasteiger partial charge in [-0.05, 0) is 36.3 Å². The van der Waals surface area contributed by atoms with Gasteiger partial charge in [-0.15, -0.1) is 23.2 Å². The second-order valence-electron chi connectivity index (χ2n) is 7.18. The van der Waals surface area contributed by atoms with Crippen LogP contribution in [0.4, 0.5) is 0 Å². The second kappa shape index (κ2) is 5.80. The summed E-state index contributed by atoms with van der Waals surface area (Å²) in [6, 6.07) is 3.90. The number of halogens is 2. The molecular weight excluding hydrogens is 333 g/mol. The topological polar surface area (TPSA) is 46.3 Å². The predicted molar refractivity (Wildman–Crippen MR) is 94.9 cm³/mol. The van der Waals surface area contributed by atoms with E-state index in [0.29, 0.717) is 12.2 Å². The number of hydrogen-bond acceptors (Lipinski definition) is 3. The maximum Gasteiger partial charge on any atom is 0.156 e. The molecule has 3 nitrogen and oxygen atoms in total. The van der Waals surface area contributed by atoms with E-state index in [-0.39, 0.29) is 12.0 Å². The number of fused-ring (bicyclic) bond motifs is 1. The highest BCUT2D eigenvalue weighted by Crippen LogP contribution is 2.41. The smallest absolute Gasteiger partial charge is 0.156 e. The molecule has 0 spiro atoms. The molecule has 0 aromatic carbocycles. The van der Waals surface area contributed by atoms with Crippen LogP contribution in [0.25, 0.3) is 16.7 Å². The fourth-order valence-electron chi connectivity index (χ4n) is 2.90. The molecule has 1 N–H and O–H groups in total. The molecular formula is C18H21Cl2NO2. The highest BCUT2D eigenvalue weighted by atomic mass is 35.5. The number of furan rings is 1. The maximum absolute atomic E-state index is 9.35. The van der Waals surface area contributed by atoms with E-state index in [1.54, 1.807) is 0 Å². The molecule has 0 radical (unpaired) electrons. The zero-order valence-corrected chi connectivity index (χ0v) is 15.1. The highest BCUT2D eigenvalue weighted by molar-refractivity contribution is 6.48. The Kier molecular flexibility index (Phi) is 4.24. The van der Waals surface area contributed by atoms with Crippen molar-refractivity contribution in [3.05, 3.63) is 35.2 Å². The van der Waals surface area contributed by atoms with Crippen molar-refractivity contribution < 1.29 is 9.52 Å². The van der Waals surface area contributed by atoms with Gasteiger partial charge in [-0.1, -0.05) is 26.8 Å². The molecule has 3 rings (SSSR count). The summed E-state index contributed by atoms with van der Waals surface area (Å²) in [7, 11) is 0. The minimum Gasteiger partial charge on any atom is -0.457 e. The zero-order valence-electron chi connectivity index (χ0n) is 13.6. The van der Waals surface area contributed by atoms with Gasteiger partial charge >= 0.3 is 0 Å². The Labute approximate surface area is 146 Å². The number of aromatic nitrogens is 1. The van der Waals surface area contributed by atoms with Crippen LogP contribution in [0.1, 0.15) is 57.1 Å². The molecule has 0 bridgehead atoms. The molecule has 5 heteroatoms. The van der Waals surface area contributed by atoms with E-state index < -0.39 is 4.33 Å². The van der Waals surface area contributed by atoms with Gasteiger partial charge in [0.05, 0.1) is 5.69 Å². The number of hydrogen-bond donors (Lipinski definition) is 1. The average molecular weight is 354 g/mol. The first-order valence-corrected chi connectivity index (χ1v) is 8.57. The first kappa shape index (κ1) is 16.8. The van der Waals surface area contributed by atoms with Gasteiger partial charge in [0.25, 0.3) is 0 Å². The molecule has 2 aromatic heterocycles. The lowest BCUT2D eigenvalue weighted by Gasteiger charge is -2.25. The van der Waals surface area contributed by atoms with Gasteiger partial charge in [0.15, 0.2) is 5.58 Å². The first-order valence-electron chi connectivity index (χ1n) is 7.82. The molecule has 124 valence electrons. The molecule has 0 fully saturated rings. The third kappa shape index (κ3) is 3.42. The molecule has 0 saturated carbocycles. The molecule has 0 aliphatic heterocycles. The Hall–Kier alpha value is -1.03. The maximum atomic E-state index is 9.35. The lowest BCUT2D eigenvalue weighted by molar-refractivity contribution is 0.250. The molecule has 23 heavy (non-hydrogen) atoms. The van der Waals surface area contributed by atoms with Gasteiger partial charge in [-0.2, -0.15) is 0 Å². The Bertz CT molecular complexity index is 769. The Morgan fingerprint density at radius 2 is 2.04 bits per heavy atom. The van der Waals surface area contributed by atoms with E-state index in [4.69, 9.17) is 32.6 Å². The van der Waals surface area contributed by atoms with Crippen LogP contribution in [-0.4, -0.2) is 14.4 Å². The van der Waals surface area contributed by atoms with Crippen LogP contribution in [0.5, 0.6) is 0 Å². The fraction of sp³-hybridized carbons (Fsp3) is 0.500. The fourth-order valence-corrected chi connectivity index (χ4v) is 3.24. The molecule has 1 aliphatic carbocycles. The number of aliphatic hydroxyl groups is 1. The van der Waals surface area contributed by atoms with Crippen molar-refractivity contribution in [3.8, 4) is 0 Å². The van der Waals surface area contributed by atoms with E-state index in [1.165, 1.54) is 5.57 Å². The molecule has 1 aliphatic rings. The summed E-state index contributed by atoms with van der Waals surface area (Å²) in [4.78, 5) is 4.73. The third-order valence-electron chi connectivity index (χ3n) is 4.23. The van der Waals surface area contributed by atoms with Crippen LogP contribution in [-0.2, 0) is 12.0 Å². The van der Waals surface area contributed by atoms with E-state index >= 15 is 0 Å². The van der Waals surface area contributed by atoms with Crippen LogP contribution in [0.3, 0.4) is 0 Å². The van der Waals surface area contributed by atoms with Crippen molar-refractivity contribution in [1.82, 2.24) is 4.98 Å². The Morgan fingerprint density at radius 3 is 2.61 bits per heavy atom. The molecule has 0 atom stereocenters. The molecule has 2 aromatic rings. The minimum atomic E-state index is -0.667. The monoisotopic (exact) mass is 353 g/mol. The summed E-state index contributed by atoms with van der Waals surface area (Å²) in [6.07, 6.45) is 4.24. The standard InChI is InChI=1S/C18H21Cl2NO2/c1-17(2,3)13-9-14(11-4-6-18(19,20)7-5-11)21-15-8-12(10-22)23-16(13)15/h4,8-9,22H,5-7,10H2,1-3H3. The SMILES string of the molecule is CC(C)(C)c1cc(C2=CCC(Cl)(Cl)CC2)nc2cc(CO)oc12. The minimum absolute atomic E-state index is 0.0848. The summed E-state index contributed by atoms with van der Waals surface area (Å²) < 4.78 is 5.11. The average Bonchev–Trinajstić information content (AvgIpc) is 2.88. The van der Waals surface area contributed by atoms with Gasteiger partial charge in [0.1, 0.15) is 22.2 Å². The predicted octanol–water partition coefficient (Wildman–Crippen LogP) is 5.36. The Balaban J connectivity index is 2.14. The number of allylic oxidation sites excluding steroid dienone is 2. The number of pyridine rings is 1. The quantitative estimate of drug-likeness (QED) is 0.739. The van der Waals surface area contributed by atoms with Crippen LogP contribution in [0.15, 0.2) is 22.6 Å². The van der Waals surface area contributed by atoms with Gasteiger partial charge < -0.3 is 9.52 Å². The van der Waals surface area contributed by atoms with Gasteiger partial charge in [0, 0.05) is 11.6 Å². The molecule has 0 saturated heterocycles. The lowest BCUT2D eigenvalue weighted by atomic mass is 9.85. The summed E-state index contributed by atoms with van der Waals surface area (Å²) in [5.74, 6) is 0.535. The van der Waals surface area contributed by atoms with Crippen LogP contribution >= 0.6 is 23.2 Å². The van der Waals surface area contributed by atoms with Crippen molar-refractivity contribution in [3.63, 3.8) is 0 Å².